The molecule has 5 rings (SSSR count). The van der Waals surface area contributed by atoms with E-state index in [-0.39, 0.29) is 23.5 Å². The molecule has 0 unspecified atom stereocenters. The minimum absolute atomic E-state index is 0.00599. The molecule has 0 aliphatic carbocycles. The van der Waals surface area contributed by atoms with E-state index < -0.39 is 0 Å². The zero-order valence-electron chi connectivity index (χ0n) is 17.9. The summed E-state index contributed by atoms with van der Waals surface area (Å²) in [6.07, 6.45) is 1.38. The Balaban J connectivity index is 1.30. The molecule has 7 nitrogen and oxygen atoms in total. The summed E-state index contributed by atoms with van der Waals surface area (Å²) >= 11 is 1.40. The summed E-state index contributed by atoms with van der Waals surface area (Å²) in [5, 5.41) is 5.50. The molecule has 9 heteroatoms. The SMILES string of the molecule is Cc1nn(-c2ccc(F)cc2)c2sc(C(=O)N3CCC(C(=O)N4CCOCC4)CC3)cc12. The molecule has 2 aromatic heterocycles. The van der Waals surface area contributed by atoms with Gasteiger partial charge in [0.25, 0.3) is 5.91 Å². The second kappa shape index (κ2) is 8.63. The van der Waals surface area contributed by atoms with Crippen LogP contribution in [0.4, 0.5) is 4.39 Å². The summed E-state index contributed by atoms with van der Waals surface area (Å²) in [7, 11) is 0. The van der Waals surface area contributed by atoms with Gasteiger partial charge < -0.3 is 14.5 Å². The molecule has 2 aliphatic rings. The van der Waals surface area contributed by atoms with Crippen LogP contribution >= 0.6 is 11.3 Å². The Morgan fingerprint density at radius 2 is 1.75 bits per heavy atom. The minimum Gasteiger partial charge on any atom is -0.378 e. The quantitative estimate of drug-likeness (QED) is 0.607. The number of piperidine rings is 1. The number of hydrogen-bond acceptors (Lipinski definition) is 5. The van der Waals surface area contributed by atoms with E-state index in [2.05, 4.69) is 5.10 Å². The highest BCUT2D eigenvalue weighted by molar-refractivity contribution is 7.20. The molecule has 3 aromatic rings. The van der Waals surface area contributed by atoms with Crippen LogP contribution in [0, 0.1) is 18.7 Å². The topological polar surface area (TPSA) is 67.7 Å². The number of ether oxygens (including phenoxy) is 1. The highest BCUT2D eigenvalue weighted by atomic mass is 32.1. The van der Waals surface area contributed by atoms with Gasteiger partial charge in [0.15, 0.2) is 0 Å². The van der Waals surface area contributed by atoms with E-state index in [1.807, 2.05) is 22.8 Å². The number of aryl methyl sites for hydroxylation is 1. The van der Waals surface area contributed by atoms with Crippen LogP contribution in [-0.4, -0.2) is 70.8 Å². The number of hydrogen-bond donors (Lipinski definition) is 0. The molecule has 2 fully saturated rings. The third-order valence-corrected chi connectivity index (χ3v) is 7.38. The van der Waals surface area contributed by atoms with Crippen molar-refractivity contribution >= 4 is 33.4 Å². The summed E-state index contributed by atoms with van der Waals surface area (Å²) in [4.78, 5) is 31.2. The first-order valence-corrected chi connectivity index (χ1v) is 11.7. The van der Waals surface area contributed by atoms with E-state index >= 15 is 0 Å². The average Bonchev–Trinajstić information content (AvgIpc) is 3.40. The molecule has 0 saturated carbocycles. The number of amides is 2. The fraction of sp³-hybridized carbons (Fsp3) is 0.435. The van der Waals surface area contributed by atoms with Gasteiger partial charge in [-0.1, -0.05) is 0 Å². The summed E-state index contributed by atoms with van der Waals surface area (Å²) in [5.74, 6) is -0.133. The first-order chi connectivity index (χ1) is 15.5. The Labute approximate surface area is 189 Å². The summed E-state index contributed by atoms with van der Waals surface area (Å²) in [6, 6.07) is 8.06. The summed E-state index contributed by atoms with van der Waals surface area (Å²) < 4.78 is 20.4. The van der Waals surface area contributed by atoms with Crippen LogP contribution < -0.4 is 0 Å². The van der Waals surface area contributed by atoms with Crippen molar-refractivity contribution < 1.29 is 18.7 Å². The number of benzene rings is 1. The number of likely N-dealkylation sites (tertiary alicyclic amines) is 1. The van der Waals surface area contributed by atoms with Gasteiger partial charge in [-0.2, -0.15) is 5.10 Å². The van der Waals surface area contributed by atoms with E-state index in [0.29, 0.717) is 57.1 Å². The van der Waals surface area contributed by atoms with Crippen LogP contribution in [0.5, 0.6) is 0 Å². The Kier molecular flexibility index (Phi) is 5.69. The number of aromatic nitrogens is 2. The van der Waals surface area contributed by atoms with Gasteiger partial charge in [-0.15, -0.1) is 11.3 Å². The third-order valence-electron chi connectivity index (χ3n) is 6.28. The molecule has 0 atom stereocenters. The lowest BCUT2D eigenvalue weighted by Gasteiger charge is -2.35. The second-order valence-electron chi connectivity index (χ2n) is 8.31. The number of carbonyl (C=O) groups is 2. The summed E-state index contributed by atoms with van der Waals surface area (Å²) in [5.41, 5.74) is 1.59. The van der Waals surface area contributed by atoms with Crippen molar-refractivity contribution in [3.8, 4) is 5.69 Å². The number of halogens is 1. The molecule has 2 saturated heterocycles. The molecule has 2 aliphatic heterocycles. The van der Waals surface area contributed by atoms with Gasteiger partial charge in [-0.25, -0.2) is 9.07 Å². The lowest BCUT2D eigenvalue weighted by Crippen LogP contribution is -2.47. The summed E-state index contributed by atoms with van der Waals surface area (Å²) in [6.45, 7) is 5.59. The van der Waals surface area contributed by atoms with E-state index in [1.165, 1.54) is 23.5 Å². The van der Waals surface area contributed by atoms with Crippen molar-refractivity contribution in [2.24, 2.45) is 5.92 Å². The van der Waals surface area contributed by atoms with Crippen LogP contribution in [-0.2, 0) is 9.53 Å². The molecule has 168 valence electrons. The molecular weight excluding hydrogens is 431 g/mol. The van der Waals surface area contributed by atoms with Gasteiger partial charge in [-0.3, -0.25) is 9.59 Å². The molecule has 0 N–H and O–H groups in total. The normalized spacial score (nSPS) is 17.8. The van der Waals surface area contributed by atoms with Gasteiger partial charge in [0.1, 0.15) is 10.6 Å². The largest absolute Gasteiger partial charge is 0.378 e. The Bertz CT molecular complexity index is 1140. The van der Waals surface area contributed by atoms with Gasteiger partial charge >= 0.3 is 0 Å². The zero-order chi connectivity index (χ0) is 22.2. The number of carbonyl (C=O) groups excluding carboxylic acids is 2. The monoisotopic (exact) mass is 456 g/mol. The Morgan fingerprint density at radius 3 is 2.44 bits per heavy atom. The fourth-order valence-electron chi connectivity index (χ4n) is 4.44. The van der Waals surface area contributed by atoms with E-state index in [9.17, 15) is 14.0 Å². The second-order valence-corrected chi connectivity index (χ2v) is 9.34. The lowest BCUT2D eigenvalue weighted by molar-refractivity contribution is -0.141. The molecule has 1 aromatic carbocycles. The van der Waals surface area contributed by atoms with Gasteiger partial charge in [0.2, 0.25) is 5.91 Å². The molecule has 0 spiro atoms. The van der Waals surface area contributed by atoms with E-state index in [0.717, 1.165) is 21.6 Å². The third kappa shape index (κ3) is 3.91. The molecular formula is C23H25FN4O3S. The number of thiophene rings is 1. The average molecular weight is 457 g/mol. The van der Waals surface area contributed by atoms with Gasteiger partial charge in [0, 0.05) is 37.5 Å². The zero-order valence-corrected chi connectivity index (χ0v) is 18.7. The van der Waals surface area contributed by atoms with Crippen molar-refractivity contribution in [2.45, 2.75) is 19.8 Å². The highest BCUT2D eigenvalue weighted by Gasteiger charge is 2.32. The maximum Gasteiger partial charge on any atom is 0.264 e. The first kappa shape index (κ1) is 21.1. The predicted octanol–water partition coefficient (Wildman–Crippen LogP) is 3.25. The van der Waals surface area contributed by atoms with Crippen LogP contribution in [0.25, 0.3) is 15.9 Å². The molecule has 0 bridgehead atoms. The number of morpholine rings is 1. The lowest BCUT2D eigenvalue weighted by atomic mass is 9.95. The van der Waals surface area contributed by atoms with Crippen LogP contribution in [0.1, 0.15) is 28.2 Å². The molecule has 32 heavy (non-hydrogen) atoms. The Hall–Kier alpha value is -2.78. The van der Waals surface area contributed by atoms with Crippen LogP contribution in [0.2, 0.25) is 0 Å². The van der Waals surface area contributed by atoms with Crippen molar-refractivity contribution in [2.75, 3.05) is 39.4 Å². The fourth-order valence-corrected chi connectivity index (χ4v) is 5.59. The maximum atomic E-state index is 13.3. The van der Waals surface area contributed by atoms with Crippen molar-refractivity contribution in [3.05, 3.63) is 46.7 Å². The van der Waals surface area contributed by atoms with Crippen molar-refractivity contribution in [3.63, 3.8) is 0 Å². The van der Waals surface area contributed by atoms with Crippen molar-refractivity contribution in [1.82, 2.24) is 19.6 Å². The van der Waals surface area contributed by atoms with Crippen molar-refractivity contribution in [1.29, 1.82) is 0 Å². The van der Waals surface area contributed by atoms with Gasteiger partial charge in [-0.05, 0) is 50.1 Å². The first-order valence-electron chi connectivity index (χ1n) is 10.9. The molecule has 2 amide bonds. The van der Waals surface area contributed by atoms with Crippen LogP contribution in [0.3, 0.4) is 0 Å². The van der Waals surface area contributed by atoms with E-state index in [1.54, 1.807) is 16.8 Å². The highest BCUT2D eigenvalue weighted by Crippen LogP contribution is 2.32. The maximum absolute atomic E-state index is 13.3. The van der Waals surface area contributed by atoms with E-state index in [4.69, 9.17) is 4.74 Å². The number of nitrogens with zero attached hydrogens (tertiary/aromatic N) is 4. The van der Waals surface area contributed by atoms with Crippen LogP contribution in [0.15, 0.2) is 30.3 Å². The molecule has 4 heterocycles. The number of rotatable bonds is 3. The standard InChI is InChI=1S/C23H25FN4O3S/c1-15-19-14-20(32-23(19)28(25-15)18-4-2-17(24)3-5-18)22(30)26-8-6-16(7-9-26)21(29)27-10-12-31-13-11-27/h2-5,14,16H,6-13H2,1H3. The molecule has 0 radical (unpaired) electrons. The van der Waals surface area contributed by atoms with Gasteiger partial charge in [0.05, 0.1) is 29.5 Å². The minimum atomic E-state index is -0.300. The predicted molar refractivity (Wildman–Crippen MR) is 120 cm³/mol. The smallest absolute Gasteiger partial charge is 0.264 e. The number of fused-ring (bicyclic) bond motifs is 1. The Morgan fingerprint density at radius 1 is 1.06 bits per heavy atom.